The van der Waals surface area contributed by atoms with Gasteiger partial charge in [-0.3, -0.25) is 18.8 Å². The first-order valence-electron chi connectivity index (χ1n) is 9.09. The van der Waals surface area contributed by atoms with Crippen molar-refractivity contribution >= 4 is 23.5 Å². The zero-order valence-corrected chi connectivity index (χ0v) is 15.9. The molecule has 8 heteroatoms. The molecule has 1 atom stereocenters. The number of carbonyl (C=O) groups excluding carboxylic acids is 3. The average molecular weight is 390 g/mol. The quantitative estimate of drug-likeness (QED) is 0.502. The zero-order valence-electron chi connectivity index (χ0n) is 15.9. The minimum Gasteiger partial charge on any atom is -0.269 e. The van der Waals surface area contributed by atoms with Crippen LogP contribution in [-0.2, 0) is 16.1 Å². The van der Waals surface area contributed by atoms with Gasteiger partial charge in [0.05, 0.1) is 18.3 Å². The maximum absolute atomic E-state index is 12.8. The topological polar surface area (TPSA) is 92.1 Å². The molecule has 29 heavy (non-hydrogen) atoms. The van der Waals surface area contributed by atoms with Crippen molar-refractivity contribution < 1.29 is 14.4 Å². The van der Waals surface area contributed by atoms with Gasteiger partial charge in [-0.1, -0.05) is 36.4 Å². The van der Waals surface area contributed by atoms with Crippen molar-refractivity contribution in [3.05, 3.63) is 81.9 Å². The predicted octanol–water partition coefficient (Wildman–Crippen LogP) is 2.05. The van der Waals surface area contributed by atoms with Crippen LogP contribution in [0.1, 0.15) is 29.8 Å². The number of fused-ring (bicyclic) bond motifs is 1. The number of aromatic nitrogens is 2. The van der Waals surface area contributed by atoms with Crippen LogP contribution in [0.25, 0.3) is 5.65 Å². The first-order valence-corrected chi connectivity index (χ1v) is 9.09. The number of hydrogen-bond donors (Lipinski definition) is 0. The van der Waals surface area contributed by atoms with Crippen LogP contribution in [-0.4, -0.2) is 37.0 Å². The Bertz CT molecular complexity index is 1200. The number of pyridine rings is 1. The second-order valence-electron chi connectivity index (χ2n) is 6.96. The highest BCUT2D eigenvalue weighted by Gasteiger charge is 2.47. The van der Waals surface area contributed by atoms with Crippen molar-refractivity contribution in [2.75, 3.05) is 0 Å². The van der Waals surface area contributed by atoms with Gasteiger partial charge in [0.25, 0.3) is 5.56 Å². The Kier molecular flexibility index (Phi) is 4.46. The van der Waals surface area contributed by atoms with E-state index in [0.29, 0.717) is 5.65 Å². The van der Waals surface area contributed by atoms with E-state index in [1.807, 2.05) is 19.1 Å². The summed E-state index contributed by atoms with van der Waals surface area (Å²) in [6, 6.07) is 12.4. The highest BCUT2D eigenvalue weighted by molar-refractivity contribution is 6.44. The summed E-state index contributed by atoms with van der Waals surface area (Å²) in [4.78, 5) is 56.3. The molecule has 4 amide bonds. The van der Waals surface area contributed by atoms with Crippen molar-refractivity contribution in [2.45, 2.75) is 26.4 Å². The zero-order chi connectivity index (χ0) is 20.7. The Labute approximate surface area is 166 Å². The number of carbonyl (C=O) groups is 3. The summed E-state index contributed by atoms with van der Waals surface area (Å²) < 4.78 is 1.39. The van der Waals surface area contributed by atoms with Gasteiger partial charge in [-0.25, -0.2) is 19.6 Å². The molecule has 0 radical (unpaired) electrons. The lowest BCUT2D eigenvalue weighted by molar-refractivity contribution is -0.144. The molecule has 1 fully saturated rings. The molecule has 1 unspecified atom stereocenters. The number of amides is 4. The van der Waals surface area contributed by atoms with Gasteiger partial charge < -0.3 is 0 Å². The van der Waals surface area contributed by atoms with E-state index in [9.17, 15) is 19.2 Å². The first-order chi connectivity index (χ1) is 13.9. The van der Waals surface area contributed by atoms with E-state index in [0.717, 1.165) is 20.9 Å². The SMILES string of the molecule is Cc1ccc2nc(CN3C(=O)C(=O)N(C(C)c4ccccc4)C3=O)cc(=O)n2c1. The van der Waals surface area contributed by atoms with E-state index in [1.54, 1.807) is 43.5 Å². The van der Waals surface area contributed by atoms with E-state index in [4.69, 9.17) is 0 Å². The third-order valence-corrected chi connectivity index (χ3v) is 4.93. The van der Waals surface area contributed by atoms with Gasteiger partial charge in [-0.15, -0.1) is 0 Å². The van der Waals surface area contributed by atoms with Gasteiger partial charge in [0.2, 0.25) is 0 Å². The monoisotopic (exact) mass is 390 g/mol. The molecule has 0 N–H and O–H groups in total. The van der Waals surface area contributed by atoms with E-state index >= 15 is 0 Å². The summed E-state index contributed by atoms with van der Waals surface area (Å²) in [6.45, 7) is 3.29. The van der Waals surface area contributed by atoms with E-state index in [2.05, 4.69) is 4.98 Å². The molecule has 1 aliphatic rings. The summed E-state index contributed by atoms with van der Waals surface area (Å²) in [5.41, 5.74) is 1.95. The van der Waals surface area contributed by atoms with E-state index < -0.39 is 23.9 Å². The second kappa shape index (κ2) is 6.97. The predicted molar refractivity (Wildman–Crippen MR) is 104 cm³/mol. The van der Waals surface area contributed by atoms with Crippen molar-refractivity contribution in [1.29, 1.82) is 0 Å². The maximum atomic E-state index is 12.8. The molecule has 2 aromatic heterocycles. The van der Waals surface area contributed by atoms with E-state index in [1.165, 1.54) is 10.5 Å². The van der Waals surface area contributed by atoms with Crippen LogP contribution in [0.4, 0.5) is 4.79 Å². The molecule has 3 aromatic rings. The first kappa shape index (κ1) is 18.5. The number of urea groups is 1. The van der Waals surface area contributed by atoms with Crippen LogP contribution in [0.2, 0.25) is 0 Å². The van der Waals surface area contributed by atoms with Gasteiger partial charge >= 0.3 is 17.8 Å². The molecule has 4 rings (SSSR count). The lowest BCUT2D eigenvalue weighted by Crippen LogP contribution is -2.35. The van der Waals surface area contributed by atoms with Crippen molar-refractivity contribution in [3.63, 3.8) is 0 Å². The van der Waals surface area contributed by atoms with Crippen LogP contribution in [0.15, 0.2) is 59.5 Å². The third kappa shape index (κ3) is 3.18. The molecule has 0 bridgehead atoms. The lowest BCUT2D eigenvalue weighted by atomic mass is 10.1. The van der Waals surface area contributed by atoms with Crippen LogP contribution < -0.4 is 5.56 Å². The number of aryl methyl sites for hydroxylation is 1. The Morgan fingerprint density at radius 2 is 1.69 bits per heavy atom. The fourth-order valence-corrected chi connectivity index (χ4v) is 3.39. The molecule has 146 valence electrons. The standard InChI is InChI=1S/C21H18N4O4/c1-13-8-9-17-22-16(10-18(26)23(17)11-13)12-24-19(27)20(28)25(21(24)29)14(2)15-6-4-3-5-7-15/h3-11,14H,12H2,1-2H3. The number of benzene rings is 1. The van der Waals surface area contributed by atoms with Crippen LogP contribution in [0, 0.1) is 6.92 Å². The molecule has 0 spiro atoms. The highest BCUT2D eigenvalue weighted by Crippen LogP contribution is 2.26. The van der Waals surface area contributed by atoms with Crippen molar-refractivity contribution in [1.82, 2.24) is 19.2 Å². The summed E-state index contributed by atoms with van der Waals surface area (Å²) in [5, 5.41) is 0. The van der Waals surface area contributed by atoms with Crippen LogP contribution >= 0.6 is 0 Å². The van der Waals surface area contributed by atoms with Gasteiger partial charge in [-0.05, 0) is 31.0 Å². The molecule has 1 saturated heterocycles. The van der Waals surface area contributed by atoms with E-state index in [-0.39, 0.29) is 17.8 Å². The van der Waals surface area contributed by atoms with Gasteiger partial charge in [0, 0.05) is 12.3 Å². The Morgan fingerprint density at radius 1 is 0.966 bits per heavy atom. The number of imide groups is 2. The molecule has 1 aliphatic heterocycles. The molecule has 1 aromatic carbocycles. The van der Waals surface area contributed by atoms with Crippen LogP contribution in [0.5, 0.6) is 0 Å². The number of rotatable bonds is 4. The minimum atomic E-state index is -0.927. The normalized spacial score (nSPS) is 15.4. The smallest absolute Gasteiger partial charge is 0.269 e. The Hall–Kier alpha value is -3.81. The lowest BCUT2D eigenvalue weighted by Gasteiger charge is -2.22. The average Bonchev–Trinajstić information content (AvgIpc) is 2.92. The minimum absolute atomic E-state index is 0.238. The largest absolute Gasteiger partial charge is 0.335 e. The Morgan fingerprint density at radius 3 is 2.41 bits per heavy atom. The molecular formula is C21H18N4O4. The molecule has 8 nitrogen and oxygen atoms in total. The molecular weight excluding hydrogens is 372 g/mol. The van der Waals surface area contributed by atoms with Gasteiger partial charge in [0.15, 0.2) is 0 Å². The van der Waals surface area contributed by atoms with Crippen LogP contribution in [0.3, 0.4) is 0 Å². The van der Waals surface area contributed by atoms with Crippen molar-refractivity contribution in [2.24, 2.45) is 0 Å². The van der Waals surface area contributed by atoms with Crippen molar-refractivity contribution in [3.8, 4) is 0 Å². The molecule has 0 aliphatic carbocycles. The Balaban J connectivity index is 1.64. The number of nitrogens with zero attached hydrogens (tertiary/aromatic N) is 4. The maximum Gasteiger partial charge on any atom is 0.335 e. The summed E-state index contributed by atoms with van der Waals surface area (Å²) in [7, 11) is 0. The molecule has 0 saturated carbocycles. The second-order valence-corrected chi connectivity index (χ2v) is 6.96. The summed E-state index contributed by atoms with van der Waals surface area (Å²) >= 11 is 0. The summed E-state index contributed by atoms with van der Waals surface area (Å²) in [6.07, 6.45) is 1.66. The fourth-order valence-electron chi connectivity index (χ4n) is 3.39. The molecule has 3 heterocycles. The van der Waals surface area contributed by atoms with Gasteiger partial charge in [0.1, 0.15) is 5.65 Å². The highest BCUT2D eigenvalue weighted by atomic mass is 16.2. The van der Waals surface area contributed by atoms with Gasteiger partial charge in [-0.2, -0.15) is 0 Å². The fraction of sp³-hybridized carbons (Fsp3) is 0.190. The number of hydrogen-bond acceptors (Lipinski definition) is 5. The third-order valence-electron chi connectivity index (χ3n) is 4.93. The summed E-state index contributed by atoms with van der Waals surface area (Å²) in [5.74, 6) is -1.82.